The Morgan fingerprint density at radius 1 is 1.04 bits per heavy atom. The van der Waals surface area contributed by atoms with Crippen molar-refractivity contribution in [1.82, 2.24) is 20.9 Å². The highest BCUT2D eigenvalue weighted by molar-refractivity contribution is 7.91. The number of nitrogens with zero attached hydrogens (tertiary/aromatic N) is 1. The standard InChI is InChI=1S/C34H37N5O7S/c1-2-20-19-34(20,33(42)39-47(43,44)23-11-12-23)36-31(40)28-17-22-18-29(28)32(41)37-35-14-6-3-7-15-45-21-10-13-25-24-8-4-5-9-26(24)30(38-46-22)27(25)16-21/h2-5,7-10,13,16,20,22-23,28-29,35H,1,6,11-12,14-15,17-19H2,(H,36,40)(H,37,41)(H,39,42)/t20-,22-,28-,29-,34-/m1/s1. The molecule has 7 rings (SSSR count). The van der Waals surface area contributed by atoms with Crippen LogP contribution in [0.2, 0.25) is 0 Å². The van der Waals surface area contributed by atoms with Crippen molar-refractivity contribution in [3.8, 4) is 16.9 Å². The zero-order valence-electron chi connectivity index (χ0n) is 25.7. The summed E-state index contributed by atoms with van der Waals surface area (Å²) in [6, 6.07) is 13.8. The second-order valence-electron chi connectivity index (χ2n) is 12.8. The SMILES string of the molecule is C=C[C@@H]1C[C@]1(NC(=O)[C@@H]1C[C@@H]2C[C@H]1C(=O)NNCCC=CCOc1ccc3c(c1)C(=NO2)c1ccccc1-3)C(=O)NS(=O)(=O)C1CC1. The molecule has 0 radical (unpaired) electrons. The van der Waals surface area contributed by atoms with Gasteiger partial charge in [0.05, 0.1) is 17.1 Å². The van der Waals surface area contributed by atoms with Crippen LogP contribution < -0.4 is 25.6 Å². The summed E-state index contributed by atoms with van der Waals surface area (Å²) in [6.45, 7) is 4.59. The molecule has 2 aromatic rings. The molecule has 0 saturated heterocycles. The number of carbonyl (C=O) groups excluding carboxylic acids is 3. The van der Waals surface area contributed by atoms with E-state index in [2.05, 4.69) is 32.6 Å². The molecule has 4 bridgehead atoms. The highest BCUT2D eigenvalue weighted by atomic mass is 32.2. The molecule has 0 spiro atoms. The third kappa shape index (κ3) is 6.05. The monoisotopic (exact) mass is 659 g/mol. The lowest BCUT2D eigenvalue weighted by Crippen LogP contribution is -2.54. The summed E-state index contributed by atoms with van der Waals surface area (Å²) in [7, 11) is -3.83. The van der Waals surface area contributed by atoms with Crippen molar-refractivity contribution >= 4 is 33.5 Å². The predicted molar refractivity (Wildman–Crippen MR) is 173 cm³/mol. The third-order valence-corrected chi connectivity index (χ3v) is 11.4. The Hall–Kier alpha value is -4.49. The van der Waals surface area contributed by atoms with Crippen molar-refractivity contribution in [3.05, 3.63) is 78.4 Å². The van der Waals surface area contributed by atoms with Gasteiger partial charge in [-0.1, -0.05) is 47.6 Å². The van der Waals surface area contributed by atoms with Crippen molar-refractivity contribution in [2.24, 2.45) is 22.9 Å². The van der Waals surface area contributed by atoms with Crippen LogP contribution in [-0.4, -0.2) is 61.9 Å². The molecule has 3 fully saturated rings. The zero-order valence-corrected chi connectivity index (χ0v) is 26.6. The van der Waals surface area contributed by atoms with Crippen molar-refractivity contribution in [1.29, 1.82) is 0 Å². The van der Waals surface area contributed by atoms with Crippen molar-refractivity contribution in [2.45, 2.75) is 55.4 Å². The van der Waals surface area contributed by atoms with Crippen LogP contribution in [-0.2, 0) is 29.2 Å². The number of nitrogens with one attached hydrogen (secondary N) is 4. The molecule has 47 heavy (non-hydrogen) atoms. The van der Waals surface area contributed by atoms with E-state index >= 15 is 0 Å². The van der Waals surface area contributed by atoms with E-state index in [0.717, 1.165) is 22.3 Å². The molecule has 0 aromatic heterocycles. The summed E-state index contributed by atoms with van der Waals surface area (Å²) in [5.41, 5.74) is 8.60. The van der Waals surface area contributed by atoms with E-state index in [0.29, 0.717) is 43.9 Å². The number of ether oxygens (including phenoxy) is 1. The molecule has 4 N–H and O–H groups in total. The molecule has 3 saturated carbocycles. The largest absolute Gasteiger partial charge is 0.490 e. The van der Waals surface area contributed by atoms with Crippen molar-refractivity contribution in [3.63, 3.8) is 0 Å². The molecule has 0 unspecified atom stereocenters. The summed E-state index contributed by atoms with van der Waals surface area (Å²) < 4.78 is 33.2. The lowest BCUT2D eigenvalue weighted by atomic mass is 9.94. The van der Waals surface area contributed by atoms with E-state index in [4.69, 9.17) is 9.57 Å². The minimum Gasteiger partial charge on any atom is -0.490 e. The van der Waals surface area contributed by atoms with Gasteiger partial charge in [0.15, 0.2) is 0 Å². The number of hydrazine groups is 1. The van der Waals surface area contributed by atoms with E-state index < -0.39 is 56.5 Å². The Kier molecular flexibility index (Phi) is 8.13. The second kappa shape index (κ2) is 12.3. The molecule has 5 atom stereocenters. The van der Waals surface area contributed by atoms with E-state index in [-0.39, 0.29) is 25.2 Å². The number of oxime groups is 1. The molecular weight excluding hydrogens is 622 g/mol. The van der Waals surface area contributed by atoms with Crippen LogP contribution >= 0.6 is 0 Å². The summed E-state index contributed by atoms with van der Waals surface area (Å²) in [4.78, 5) is 46.7. The molecule has 1 aliphatic heterocycles. The molecule has 3 amide bonds. The van der Waals surface area contributed by atoms with Crippen LogP contribution in [0.25, 0.3) is 11.1 Å². The van der Waals surface area contributed by atoms with Crippen LogP contribution in [0.4, 0.5) is 0 Å². The minimum absolute atomic E-state index is 0.165. The Morgan fingerprint density at radius 2 is 1.83 bits per heavy atom. The van der Waals surface area contributed by atoms with Gasteiger partial charge in [-0.2, -0.15) is 0 Å². The van der Waals surface area contributed by atoms with Gasteiger partial charge in [-0.15, -0.1) is 6.58 Å². The molecule has 4 aliphatic carbocycles. The first-order chi connectivity index (χ1) is 22.7. The Morgan fingerprint density at radius 3 is 2.60 bits per heavy atom. The lowest BCUT2D eigenvalue weighted by Gasteiger charge is -2.23. The van der Waals surface area contributed by atoms with Gasteiger partial charge in [-0.05, 0) is 67.9 Å². The fraction of sp³-hybridized carbons (Fsp3) is 0.412. The first-order valence-corrected chi connectivity index (χ1v) is 17.5. The van der Waals surface area contributed by atoms with Crippen LogP contribution in [0.3, 0.4) is 0 Å². The van der Waals surface area contributed by atoms with Gasteiger partial charge in [0.2, 0.25) is 21.8 Å². The minimum atomic E-state index is -3.83. The van der Waals surface area contributed by atoms with Gasteiger partial charge in [-0.3, -0.25) is 24.5 Å². The fourth-order valence-corrected chi connectivity index (χ4v) is 8.12. The summed E-state index contributed by atoms with van der Waals surface area (Å²) in [5, 5.41) is 6.82. The van der Waals surface area contributed by atoms with Crippen molar-refractivity contribution < 1.29 is 32.4 Å². The predicted octanol–water partition coefficient (Wildman–Crippen LogP) is 2.46. The number of hydrogen-bond acceptors (Lipinski definition) is 9. The van der Waals surface area contributed by atoms with E-state index in [1.54, 1.807) is 0 Å². The first-order valence-electron chi connectivity index (χ1n) is 16.0. The number of hydrogen-bond donors (Lipinski definition) is 4. The van der Waals surface area contributed by atoms with E-state index in [1.165, 1.54) is 6.08 Å². The molecule has 2 aromatic carbocycles. The maximum atomic E-state index is 13.9. The van der Waals surface area contributed by atoms with Crippen molar-refractivity contribution in [2.75, 3.05) is 13.2 Å². The number of carbonyl (C=O) groups is 3. The maximum Gasteiger partial charge on any atom is 0.259 e. The lowest BCUT2D eigenvalue weighted by molar-refractivity contribution is -0.136. The summed E-state index contributed by atoms with van der Waals surface area (Å²) >= 11 is 0. The van der Waals surface area contributed by atoms with Gasteiger partial charge >= 0.3 is 0 Å². The Balaban J connectivity index is 1.15. The Bertz CT molecular complexity index is 1800. The number of rotatable bonds is 6. The fourth-order valence-electron chi connectivity index (χ4n) is 6.75. The van der Waals surface area contributed by atoms with Gasteiger partial charge in [-0.25, -0.2) is 13.8 Å². The van der Waals surface area contributed by atoms with Gasteiger partial charge in [0, 0.05) is 23.6 Å². The number of amides is 3. The number of fused-ring (bicyclic) bond motifs is 6. The summed E-state index contributed by atoms with van der Waals surface area (Å²) in [5.74, 6) is -3.09. The maximum absolute atomic E-state index is 13.9. The van der Waals surface area contributed by atoms with Gasteiger partial charge < -0.3 is 14.9 Å². The molecule has 5 aliphatic rings. The summed E-state index contributed by atoms with van der Waals surface area (Å²) in [6.07, 6.45) is 7.02. The van der Waals surface area contributed by atoms with Crippen LogP contribution in [0.1, 0.15) is 49.7 Å². The smallest absolute Gasteiger partial charge is 0.259 e. The van der Waals surface area contributed by atoms with Crippen LogP contribution in [0, 0.1) is 17.8 Å². The first kappa shape index (κ1) is 31.1. The molecular formula is C34H37N5O7S. The normalized spacial score (nSPS) is 28.3. The number of sulfonamides is 1. The number of benzene rings is 2. The Labute approximate surface area is 273 Å². The molecule has 12 nitrogen and oxygen atoms in total. The average Bonchev–Trinajstić information content (AvgIpc) is 3.97. The average molecular weight is 660 g/mol. The van der Waals surface area contributed by atoms with E-state index in [9.17, 15) is 22.8 Å². The van der Waals surface area contributed by atoms with Crippen LogP contribution in [0.15, 0.2) is 72.4 Å². The quantitative estimate of drug-likeness (QED) is 0.293. The highest BCUT2D eigenvalue weighted by Crippen LogP contribution is 2.46. The van der Waals surface area contributed by atoms with Crippen LogP contribution in [0.5, 0.6) is 5.75 Å². The van der Waals surface area contributed by atoms with Gasteiger partial charge in [0.1, 0.15) is 29.7 Å². The third-order valence-electron chi connectivity index (χ3n) is 9.61. The molecule has 1 heterocycles. The topological polar surface area (TPSA) is 164 Å². The highest BCUT2D eigenvalue weighted by Gasteiger charge is 2.62. The molecule has 246 valence electrons. The zero-order chi connectivity index (χ0) is 32.8. The van der Waals surface area contributed by atoms with E-state index in [1.807, 2.05) is 54.6 Å². The van der Waals surface area contributed by atoms with Gasteiger partial charge in [0.25, 0.3) is 5.91 Å². The second-order valence-corrected chi connectivity index (χ2v) is 14.7. The molecule has 13 heteroatoms.